The van der Waals surface area contributed by atoms with Crippen molar-refractivity contribution in [3.63, 3.8) is 0 Å². The van der Waals surface area contributed by atoms with Crippen LogP contribution in [0.25, 0.3) is 10.8 Å². The van der Waals surface area contributed by atoms with Gasteiger partial charge in [-0.3, -0.25) is 9.79 Å². The van der Waals surface area contributed by atoms with Gasteiger partial charge in [0.1, 0.15) is 11.6 Å². The van der Waals surface area contributed by atoms with Gasteiger partial charge in [-0.05, 0) is 48.4 Å². The highest BCUT2D eigenvalue weighted by Crippen LogP contribution is 2.27. The van der Waals surface area contributed by atoms with E-state index in [1.165, 1.54) is 0 Å². The van der Waals surface area contributed by atoms with E-state index in [1.807, 2.05) is 49.4 Å². The quantitative estimate of drug-likeness (QED) is 0.489. The molecule has 2 N–H and O–H groups in total. The molecule has 1 heterocycles. The van der Waals surface area contributed by atoms with Crippen molar-refractivity contribution < 1.29 is 14.7 Å². The van der Waals surface area contributed by atoms with Crippen LogP contribution in [0.2, 0.25) is 0 Å². The molecule has 0 bridgehead atoms. The first-order valence-electron chi connectivity index (χ1n) is 11.5. The number of ketones is 1. The average Bonchev–Trinajstić information content (AvgIpc) is 3.18. The standard InChI is InChI=1S/C27H29N3O3/c1-3-19-16-18-7-5-6-8-22(18)26(28-19)29-20-11-9-17(10-12-20)15-24(27(32)33)30-23-13-14-25(31)21(23)4-2/h5-12,16,21,24H,3-4,13-15H2,1-2H3,(H,28,29)(H,32,33)/t21?,24-/m0/s1. The number of carboxylic acid groups (broad SMARTS) is 1. The molecule has 1 aliphatic rings. The molecule has 1 saturated carbocycles. The van der Waals surface area contributed by atoms with Gasteiger partial charge in [0.2, 0.25) is 0 Å². The fraction of sp³-hybridized carbons (Fsp3) is 0.333. The van der Waals surface area contributed by atoms with Crippen LogP contribution in [0.15, 0.2) is 59.6 Å². The van der Waals surface area contributed by atoms with Crippen LogP contribution < -0.4 is 5.32 Å². The number of nitrogens with one attached hydrogen (secondary N) is 1. The molecule has 2 aromatic carbocycles. The summed E-state index contributed by atoms with van der Waals surface area (Å²) in [4.78, 5) is 33.1. The molecule has 4 rings (SSSR count). The zero-order chi connectivity index (χ0) is 23.4. The minimum Gasteiger partial charge on any atom is -0.480 e. The molecule has 2 atom stereocenters. The first kappa shape index (κ1) is 22.6. The lowest BCUT2D eigenvalue weighted by Gasteiger charge is -2.14. The fourth-order valence-electron chi connectivity index (χ4n) is 4.41. The first-order chi connectivity index (χ1) is 16.0. The Morgan fingerprint density at radius 3 is 2.61 bits per heavy atom. The van der Waals surface area contributed by atoms with Crippen molar-refractivity contribution in [2.75, 3.05) is 5.32 Å². The van der Waals surface area contributed by atoms with Crippen LogP contribution >= 0.6 is 0 Å². The summed E-state index contributed by atoms with van der Waals surface area (Å²) in [6.07, 6.45) is 2.85. The molecule has 0 saturated heterocycles. The van der Waals surface area contributed by atoms with Crippen LogP contribution in [0.1, 0.15) is 44.4 Å². The van der Waals surface area contributed by atoms with E-state index in [9.17, 15) is 14.7 Å². The molecule has 1 aromatic heterocycles. The van der Waals surface area contributed by atoms with Gasteiger partial charge in [-0.2, -0.15) is 0 Å². The zero-order valence-electron chi connectivity index (χ0n) is 19.0. The van der Waals surface area contributed by atoms with E-state index in [-0.39, 0.29) is 18.1 Å². The number of carboxylic acids is 1. The Labute approximate surface area is 193 Å². The molecule has 33 heavy (non-hydrogen) atoms. The number of aliphatic carboxylic acids is 1. The number of aliphatic imine (C=N–C) groups is 1. The highest BCUT2D eigenvalue weighted by atomic mass is 16.4. The number of benzene rings is 2. The van der Waals surface area contributed by atoms with E-state index in [0.29, 0.717) is 19.3 Å². The molecule has 6 nitrogen and oxygen atoms in total. The number of nitrogens with zero attached hydrogens (tertiary/aromatic N) is 2. The number of carbonyl (C=O) groups excluding carboxylic acids is 1. The van der Waals surface area contributed by atoms with E-state index < -0.39 is 12.0 Å². The molecule has 0 aliphatic heterocycles. The zero-order valence-corrected chi connectivity index (χ0v) is 19.0. The van der Waals surface area contributed by atoms with E-state index >= 15 is 0 Å². The minimum atomic E-state index is -0.967. The summed E-state index contributed by atoms with van der Waals surface area (Å²) in [5.41, 5.74) is 3.53. The van der Waals surface area contributed by atoms with Gasteiger partial charge in [0, 0.05) is 35.3 Å². The normalized spacial score (nSPS) is 18.1. The van der Waals surface area contributed by atoms with Crippen molar-refractivity contribution >= 4 is 39.7 Å². The van der Waals surface area contributed by atoms with Gasteiger partial charge in [-0.25, -0.2) is 9.78 Å². The minimum absolute atomic E-state index is 0.170. The molecule has 3 aromatic rings. The summed E-state index contributed by atoms with van der Waals surface area (Å²) in [6, 6.07) is 17.1. The second-order valence-electron chi connectivity index (χ2n) is 8.46. The Kier molecular flexibility index (Phi) is 6.82. The van der Waals surface area contributed by atoms with E-state index in [2.05, 4.69) is 29.4 Å². The number of rotatable bonds is 8. The molecule has 0 spiro atoms. The van der Waals surface area contributed by atoms with Gasteiger partial charge in [0.05, 0.1) is 5.92 Å². The molecule has 1 fully saturated rings. The molecular formula is C27H29N3O3. The number of hydrogen-bond donors (Lipinski definition) is 2. The Hall–Kier alpha value is -3.54. The summed E-state index contributed by atoms with van der Waals surface area (Å²) < 4.78 is 0. The predicted octanol–water partition coefficient (Wildman–Crippen LogP) is 5.37. The van der Waals surface area contributed by atoms with Crippen LogP contribution in [0.3, 0.4) is 0 Å². The summed E-state index contributed by atoms with van der Waals surface area (Å²) >= 11 is 0. The third-order valence-corrected chi connectivity index (χ3v) is 6.23. The topological polar surface area (TPSA) is 91.7 Å². The summed E-state index contributed by atoms with van der Waals surface area (Å²) in [5.74, 6) is -0.210. The number of aromatic nitrogens is 1. The maximum absolute atomic E-state index is 12.0. The number of Topliss-reactive ketones (excluding diaryl/α,β-unsaturated/α-hetero) is 1. The lowest BCUT2D eigenvalue weighted by Crippen LogP contribution is -2.24. The van der Waals surface area contributed by atoms with Gasteiger partial charge in [-0.15, -0.1) is 0 Å². The monoisotopic (exact) mass is 443 g/mol. The highest BCUT2D eigenvalue weighted by Gasteiger charge is 2.31. The molecule has 1 unspecified atom stereocenters. The maximum Gasteiger partial charge on any atom is 0.328 e. The Bertz CT molecular complexity index is 1200. The lowest BCUT2D eigenvalue weighted by atomic mass is 10.0. The van der Waals surface area contributed by atoms with Crippen molar-refractivity contribution in [1.29, 1.82) is 0 Å². The summed E-state index contributed by atoms with van der Waals surface area (Å²) in [7, 11) is 0. The lowest BCUT2D eigenvalue weighted by molar-refractivity contribution is -0.138. The molecular weight excluding hydrogens is 414 g/mol. The number of anilines is 2. The molecule has 0 amide bonds. The average molecular weight is 444 g/mol. The number of aryl methyl sites for hydroxylation is 1. The maximum atomic E-state index is 12.0. The second kappa shape index (κ2) is 9.94. The molecule has 6 heteroatoms. The summed E-state index contributed by atoms with van der Waals surface area (Å²) in [5, 5.41) is 15.3. The number of hydrogen-bond acceptors (Lipinski definition) is 5. The van der Waals surface area contributed by atoms with Gasteiger partial charge in [0.15, 0.2) is 6.04 Å². The van der Waals surface area contributed by atoms with Crippen LogP contribution in [0, 0.1) is 5.92 Å². The largest absolute Gasteiger partial charge is 0.480 e. The summed E-state index contributed by atoms with van der Waals surface area (Å²) in [6.45, 7) is 4.03. The number of fused-ring (bicyclic) bond motifs is 1. The smallest absolute Gasteiger partial charge is 0.328 e. The fourth-order valence-corrected chi connectivity index (χ4v) is 4.41. The van der Waals surface area contributed by atoms with E-state index in [4.69, 9.17) is 4.98 Å². The Balaban J connectivity index is 1.52. The van der Waals surface area contributed by atoms with Crippen LogP contribution in [-0.2, 0) is 22.4 Å². The van der Waals surface area contributed by atoms with Crippen molar-refractivity contribution in [2.24, 2.45) is 10.9 Å². The second-order valence-corrected chi connectivity index (χ2v) is 8.46. The third kappa shape index (κ3) is 5.11. The molecule has 170 valence electrons. The highest BCUT2D eigenvalue weighted by molar-refractivity contribution is 6.11. The van der Waals surface area contributed by atoms with Crippen LogP contribution in [0.4, 0.5) is 11.5 Å². The van der Waals surface area contributed by atoms with Crippen molar-refractivity contribution in [1.82, 2.24) is 4.98 Å². The van der Waals surface area contributed by atoms with Gasteiger partial charge >= 0.3 is 5.97 Å². The van der Waals surface area contributed by atoms with Crippen LogP contribution in [-0.4, -0.2) is 33.6 Å². The van der Waals surface area contributed by atoms with Crippen molar-refractivity contribution in [3.8, 4) is 0 Å². The number of pyridine rings is 1. The van der Waals surface area contributed by atoms with Gasteiger partial charge in [0.25, 0.3) is 0 Å². The molecule has 0 radical (unpaired) electrons. The van der Waals surface area contributed by atoms with Gasteiger partial charge < -0.3 is 10.4 Å². The SMILES string of the molecule is CCc1cc2ccccc2c(Nc2ccc(C[C@H](N=C3CCC(=O)C3CC)C(=O)O)cc2)n1. The first-order valence-corrected chi connectivity index (χ1v) is 11.5. The Morgan fingerprint density at radius 2 is 1.91 bits per heavy atom. The van der Waals surface area contributed by atoms with E-state index in [1.54, 1.807) is 0 Å². The van der Waals surface area contributed by atoms with Crippen molar-refractivity contribution in [2.45, 2.75) is 52.0 Å². The van der Waals surface area contributed by atoms with Crippen molar-refractivity contribution in [3.05, 3.63) is 65.9 Å². The third-order valence-electron chi connectivity index (χ3n) is 6.23. The number of carbonyl (C=O) groups is 2. The van der Waals surface area contributed by atoms with Crippen LogP contribution in [0.5, 0.6) is 0 Å². The molecule has 1 aliphatic carbocycles. The predicted molar refractivity (Wildman–Crippen MR) is 131 cm³/mol. The van der Waals surface area contributed by atoms with E-state index in [0.717, 1.165) is 45.7 Å². The Morgan fingerprint density at radius 1 is 1.15 bits per heavy atom. The van der Waals surface area contributed by atoms with Gasteiger partial charge in [-0.1, -0.05) is 50.2 Å².